The molecule has 88 valence electrons. The van der Waals surface area contributed by atoms with Crippen LogP contribution in [-0.2, 0) is 11.8 Å². The highest BCUT2D eigenvalue weighted by Crippen LogP contribution is 1.91. The molecular formula is C10H14N2O4. The van der Waals surface area contributed by atoms with Crippen LogP contribution in [0.25, 0.3) is 0 Å². The van der Waals surface area contributed by atoms with Crippen LogP contribution >= 0.6 is 0 Å². The molecule has 1 aromatic heterocycles. The largest absolute Gasteiger partial charge is 0.385 e. The number of ether oxygens (including phenoxy) is 1. The fraction of sp³-hybridized carbons (Fsp3) is 0.500. The average molecular weight is 226 g/mol. The standard InChI is InChI=1S/C10H14N2O4/c1-11-6-5-9(14)12(10(11)15)8(13)4-3-7-16-2/h5-6H,3-4,7H2,1-2H3. The van der Waals surface area contributed by atoms with Crippen molar-refractivity contribution in [2.45, 2.75) is 12.8 Å². The maximum absolute atomic E-state index is 11.6. The maximum atomic E-state index is 11.6. The first kappa shape index (κ1) is 12.4. The molecule has 0 aliphatic rings. The van der Waals surface area contributed by atoms with Crippen LogP contribution in [0.3, 0.4) is 0 Å². The molecule has 0 bridgehead atoms. The molecule has 0 saturated carbocycles. The van der Waals surface area contributed by atoms with E-state index in [1.54, 1.807) is 0 Å². The van der Waals surface area contributed by atoms with Crippen molar-refractivity contribution in [2.24, 2.45) is 7.05 Å². The van der Waals surface area contributed by atoms with Gasteiger partial charge in [0.1, 0.15) is 0 Å². The molecule has 0 aliphatic heterocycles. The lowest BCUT2D eigenvalue weighted by Gasteiger charge is -2.04. The van der Waals surface area contributed by atoms with Crippen LogP contribution in [0.2, 0.25) is 0 Å². The van der Waals surface area contributed by atoms with Gasteiger partial charge in [-0.05, 0) is 6.42 Å². The van der Waals surface area contributed by atoms with Gasteiger partial charge in [-0.1, -0.05) is 0 Å². The lowest BCUT2D eigenvalue weighted by molar-refractivity contribution is 0.0871. The Hall–Kier alpha value is -1.69. The Morgan fingerprint density at radius 3 is 2.75 bits per heavy atom. The number of hydrogen-bond acceptors (Lipinski definition) is 4. The molecule has 0 radical (unpaired) electrons. The first-order chi connectivity index (χ1) is 7.57. The van der Waals surface area contributed by atoms with E-state index in [4.69, 9.17) is 4.74 Å². The highest BCUT2D eigenvalue weighted by Gasteiger charge is 2.11. The van der Waals surface area contributed by atoms with Gasteiger partial charge in [0.25, 0.3) is 5.56 Å². The third kappa shape index (κ3) is 2.66. The van der Waals surface area contributed by atoms with Gasteiger partial charge in [-0.25, -0.2) is 4.79 Å². The number of aromatic nitrogens is 2. The van der Waals surface area contributed by atoms with Crippen molar-refractivity contribution in [2.75, 3.05) is 13.7 Å². The van der Waals surface area contributed by atoms with Gasteiger partial charge < -0.3 is 9.30 Å². The SMILES string of the molecule is COCCCC(=O)n1c(=O)ccn(C)c1=O. The van der Waals surface area contributed by atoms with E-state index in [9.17, 15) is 14.4 Å². The molecule has 1 aromatic rings. The van der Waals surface area contributed by atoms with E-state index >= 15 is 0 Å². The third-order valence-electron chi connectivity index (χ3n) is 2.14. The number of rotatable bonds is 4. The second kappa shape index (κ2) is 5.41. The molecule has 0 spiro atoms. The first-order valence-electron chi connectivity index (χ1n) is 4.88. The molecule has 0 aliphatic carbocycles. The number of aryl methyl sites for hydroxylation is 1. The maximum Gasteiger partial charge on any atom is 0.337 e. The highest BCUT2D eigenvalue weighted by molar-refractivity contribution is 5.78. The number of carbonyl (C=O) groups excluding carboxylic acids is 1. The Morgan fingerprint density at radius 2 is 2.12 bits per heavy atom. The molecule has 16 heavy (non-hydrogen) atoms. The minimum absolute atomic E-state index is 0.118. The lowest BCUT2D eigenvalue weighted by Crippen LogP contribution is -2.41. The predicted octanol–water partition coefficient (Wildman–Crippen LogP) is -0.386. The smallest absolute Gasteiger partial charge is 0.337 e. The van der Waals surface area contributed by atoms with Crippen molar-refractivity contribution in [3.05, 3.63) is 33.1 Å². The number of carbonyl (C=O) groups is 1. The molecule has 0 unspecified atom stereocenters. The summed E-state index contributed by atoms with van der Waals surface area (Å²) in [5.74, 6) is -0.497. The highest BCUT2D eigenvalue weighted by atomic mass is 16.5. The monoisotopic (exact) mass is 226 g/mol. The molecule has 6 nitrogen and oxygen atoms in total. The second-order valence-corrected chi connectivity index (χ2v) is 3.37. The van der Waals surface area contributed by atoms with E-state index in [2.05, 4.69) is 0 Å². The van der Waals surface area contributed by atoms with E-state index in [1.165, 1.54) is 31.0 Å². The van der Waals surface area contributed by atoms with Crippen LogP contribution in [0.15, 0.2) is 21.9 Å². The summed E-state index contributed by atoms with van der Waals surface area (Å²) < 4.78 is 6.63. The summed E-state index contributed by atoms with van der Waals surface area (Å²) in [4.78, 5) is 34.5. The van der Waals surface area contributed by atoms with E-state index in [1.807, 2.05) is 0 Å². The van der Waals surface area contributed by atoms with Gasteiger partial charge in [0.05, 0.1) is 0 Å². The van der Waals surface area contributed by atoms with Gasteiger partial charge in [0, 0.05) is 39.4 Å². The van der Waals surface area contributed by atoms with Crippen molar-refractivity contribution >= 4 is 5.91 Å². The summed E-state index contributed by atoms with van der Waals surface area (Å²) >= 11 is 0. The quantitative estimate of drug-likeness (QED) is 0.656. The number of nitrogens with zero attached hydrogens (tertiary/aromatic N) is 2. The lowest BCUT2D eigenvalue weighted by atomic mass is 10.3. The van der Waals surface area contributed by atoms with E-state index in [-0.39, 0.29) is 6.42 Å². The number of hydrogen-bond donors (Lipinski definition) is 0. The number of methoxy groups -OCH3 is 1. The van der Waals surface area contributed by atoms with Crippen LogP contribution in [0, 0.1) is 0 Å². The van der Waals surface area contributed by atoms with Gasteiger partial charge in [0.15, 0.2) is 0 Å². The Kier molecular flexibility index (Phi) is 4.19. The van der Waals surface area contributed by atoms with Crippen molar-refractivity contribution < 1.29 is 9.53 Å². The minimum atomic E-state index is -0.616. The molecule has 0 amide bonds. The summed E-state index contributed by atoms with van der Waals surface area (Å²) in [6.07, 6.45) is 1.94. The molecular weight excluding hydrogens is 212 g/mol. The zero-order chi connectivity index (χ0) is 12.1. The summed E-state index contributed by atoms with van der Waals surface area (Å²) in [6, 6.07) is 1.19. The Bertz CT molecular complexity index is 486. The van der Waals surface area contributed by atoms with Crippen LogP contribution in [0.5, 0.6) is 0 Å². The Labute approximate surface area is 92.1 Å². The minimum Gasteiger partial charge on any atom is -0.385 e. The summed E-state index contributed by atoms with van der Waals surface area (Å²) in [7, 11) is 3.01. The first-order valence-corrected chi connectivity index (χ1v) is 4.88. The van der Waals surface area contributed by atoms with Crippen LogP contribution < -0.4 is 11.2 Å². The Balaban J connectivity index is 2.96. The average Bonchev–Trinajstić information content (AvgIpc) is 2.24. The Morgan fingerprint density at radius 1 is 1.44 bits per heavy atom. The summed E-state index contributed by atoms with van der Waals surface area (Å²) in [5.41, 5.74) is -1.21. The van der Waals surface area contributed by atoms with E-state index in [0.717, 1.165) is 0 Å². The van der Waals surface area contributed by atoms with Crippen LogP contribution in [0.1, 0.15) is 17.6 Å². The van der Waals surface area contributed by atoms with Crippen molar-refractivity contribution in [3.8, 4) is 0 Å². The second-order valence-electron chi connectivity index (χ2n) is 3.37. The molecule has 0 aromatic carbocycles. The van der Waals surface area contributed by atoms with Crippen molar-refractivity contribution in [3.63, 3.8) is 0 Å². The third-order valence-corrected chi connectivity index (χ3v) is 2.14. The van der Waals surface area contributed by atoms with Crippen LogP contribution in [-0.4, -0.2) is 28.8 Å². The molecule has 6 heteroatoms. The molecule has 1 heterocycles. The van der Waals surface area contributed by atoms with Gasteiger partial charge in [-0.15, -0.1) is 0 Å². The van der Waals surface area contributed by atoms with Crippen molar-refractivity contribution in [1.82, 2.24) is 9.13 Å². The zero-order valence-corrected chi connectivity index (χ0v) is 9.30. The van der Waals surface area contributed by atoms with Crippen LogP contribution in [0.4, 0.5) is 0 Å². The fourth-order valence-electron chi connectivity index (χ4n) is 1.27. The van der Waals surface area contributed by atoms with E-state index in [0.29, 0.717) is 17.6 Å². The topological polar surface area (TPSA) is 70.3 Å². The molecule has 0 atom stereocenters. The van der Waals surface area contributed by atoms with Gasteiger partial charge in [0.2, 0.25) is 5.91 Å². The van der Waals surface area contributed by atoms with Gasteiger partial charge in [-0.3, -0.25) is 9.59 Å². The van der Waals surface area contributed by atoms with Gasteiger partial charge >= 0.3 is 5.69 Å². The van der Waals surface area contributed by atoms with Gasteiger partial charge in [-0.2, -0.15) is 4.57 Å². The normalized spacial score (nSPS) is 10.4. The molecule has 0 N–H and O–H groups in total. The van der Waals surface area contributed by atoms with E-state index < -0.39 is 17.2 Å². The van der Waals surface area contributed by atoms with Crippen molar-refractivity contribution in [1.29, 1.82) is 0 Å². The fourth-order valence-corrected chi connectivity index (χ4v) is 1.27. The molecule has 0 saturated heterocycles. The summed E-state index contributed by atoms with van der Waals surface area (Å²) in [5, 5.41) is 0. The molecule has 1 rings (SSSR count). The zero-order valence-electron chi connectivity index (χ0n) is 9.30. The predicted molar refractivity (Wildman–Crippen MR) is 57.7 cm³/mol. The summed E-state index contributed by atoms with van der Waals surface area (Å²) in [6.45, 7) is 0.424. The molecule has 0 fully saturated rings.